The van der Waals surface area contributed by atoms with Crippen LogP contribution >= 0.6 is 0 Å². The second-order valence-corrected chi connectivity index (χ2v) is 7.51. The molecule has 0 bridgehead atoms. The minimum atomic E-state index is 0.0832. The maximum Gasteiger partial charge on any atom is 0.242 e. The third-order valence-corrected chi connectivity index (χ3v) is 5.50. The summed E-state index contributed by atoms with van der Waals surface area (Å²) < 4.78 is 10.8. The van der Waals surface area contributed by atoms with E-state index < -0.39 is 0 Å². The van der Waals surface area contributed by atoms with Crippen LogP contribution in [-0.4, -0.2) is 45.2 Å². The number of anilines is 1. The zero-order chi connectivity index (χ0) is 20.3. The van der Waals surface area contributed by atoms with Crippen molar-refractivity contribution in [2.75, 3.05) is 39.3 Å². The fourth-order valence-electron chi connectivity index (χ4n) is 4.08. The molecule has 1 fully saturated rings. The Morgan fingerprint density at radius 2 is 1.86 bits per heavy atom. The first kappa shape index (κ1) is 20.1. The molecule has 0 spiro atoms. The van der Waals surface area contributed by atoms with E-state index in [1.807, 2.05) is 35.0 Å². The lowest BCUT2D eigenvalue weighted by atomic mass is 10.0. The number of carbonyl (C=O) groups is 1. The Hall–Kier alpha value is -2.69. The van der Waals surface area contributed by atoms with Gasteiger partial charge in [0.25, 0.3) is 0 Å². The van der Waals surface area contributed by atoms with Gasteiger partial charge in [0, 0.05) is 19.3 Å². The second-order valence-electron chi connectivity index (χ2n) is 7.51. The summed E-state index contributed by atoms with van der Waals surface area (Å²) in [5.41, 5.74) is 4.61. The van der Waals surface area contributed by atoms with Gasteiger partial charge in [-0.25, -0.2) is 0 Å². The van der Waals surface area contributed by atoms with Crippen molar-refractivity contribution < 1.29 is 14.3 Å². The molecule has 0 saturated carbocycles. The normalized spacial score (nSPS) is 16.2. The zero-order valence-corrected chi connectivity index (χ0v) is 17.5. The fraction of sp³-hybridized carbons (Fsp3) is 0.435. The molecule has 3 rings (SSSR count). The molecule has 1 aliphatic heterocycles. The molecule has 1 atom stereocenters. The Kier molecular flexibility index (Phi) is 6.12. The Labute approximate surface area is 167 Å². The quantitative estimate of drug-likeness (QED) is 0.754. The van der Waals surface area contributed by atoms with Gasteiger partial charge in [0.05, 0.1) is 26.8 Å². The molecule has 0 N–H and O–H groups in total. The molecular formula is C23H30N2O3. The number of aryl methyl sites for hydroxylation is 2. The molecule has 2 aromatic rings. The third-order valence-electron chi connectivity index (χ3n) is 5.50. The molecule has 1 aliphatic rings. The van der Waals surface area contributed by atoms with Gasteiger partial charge in [-0.05, 0) is 56.0 Å². The molecule has 0 aromatic heterocycles. The Morgan fingerprint density at radius 1 is 1.11 bits per heavy atom. The van der Waals surface area contributed by atoms with Gasteiger partial charge in [-0.3, -0.25) is 4.79 Å². The SMILES string of the molecule is COc1ccc(C2CCCN2C(=O)CN(C)c2ccc(C)cc2C)cc1OC. The molecule has 1 saturated heterocycles. The molecule has 1 unspecified atom stereocenters. The number of nitrogens with zero attached hydrogens (tertiary/aromatic N) is 2. The number of rotatable bonds is 6. The summed E-state index contributed by atoms with van der Waals surface area (Å²) in [5.74, 6) is 1.56. The van der Waals surface area contributed by atoms with Gasteiger partial charge in [-0.2, -0.15) is 0 Å². The van der Waals surface area contributed by atoms with E-state index in [0.717, 1.165) is 30.6 Å². The van der Waals surface area contributed by atoms with Crippen LogP contribution in [0.1, 0.15) is 35.6 Å². The number of likely N-dealkylation sites (tertiary alicyclic amines) is 1. The highest BCUT2D eigenvalue weighted by Crippen LogP contribution is 2.37. The predicted octanol–water partition coefficient (Wildman–Crippen LogP) is 4.12. The average molecular weight is 383 g/mol. The van der Waals surface area contributed by atoms with E-state index in [2.05, 4.69) is 32.0 Å². The van der Waals surface area contributed by atoms with Gasteiger partial charge in [0.2, 0.25) is 5.91 Å². The fourth-order valence-corrected chi connectivity index (χ4v) is 4.08. The molecular weight excluding hydrogens is 352 g/mol. The highest BCUT2D eigenvalue weighted by atomic mass is 16.5. The first-order chi connectivity index (χ1) is 13.4. The van der Waals surface area contributed by atoms with Crippen molar-refractivity contribution >= 4 is 11.6 Å². The first-order valence-corrected chi connectivity index (χ1v) is 9.74. The van der Waals surface area contributed by atoms with E-state index in [1.165, 1.54) is 11.1 Å². The van der Waals surface area contributed by atoms with Crippen molar-refractivity contribution in [2.45, 2.75) is 32.7 Å². The number of benzene rings is 2. The highest BCUT2D eigenvalue weighted by Gasteiger charge is 2.31. The van der Waals surface area contributed by atoms with Crippen LogP contribution in [0.25, 0.3) is 0 Å². The molecule has 28 heavy (non-hydrogen) atoms. The molecule has 0 aliphatic carbocycles. The third kappa shape index (κ3) is 4.08. The van der Waals surface area contributed by atoms with Crippen LogP contribution in [0.15, 0.2) is 36.4 Å². The Balaban J connectivity index is 1.76. The molecule has 5 nitrogen and oxygen atoms in total. The summed E-state index contributed by atoms with van der Waals surface area (Å²) in [7, 11) is 5.25. The molecule has 2 aromatic carbocycles. The number of carbonyl (C=O) groups excluding carboxylic acids is 1. The van der Waals surface area contributed by atoms with Crippen LogP contribution in [0.4, 0.5) is 5.69 Å². The smallest absolute Gasteiger partial charge is 0.242 e. The molecule has 0 radical (unpaired) electrons. The van der Waals surface area contributed by atoms with Gasteiger partial charge in [-0.15, -0.1) is 0 Å². The number of ether oxygens (including phenoxy) is 2. The largest absolute Gasteiger partial charge is 0.493 e. The lowest BCUT2D eigenvalue weighted by molar-refractivity contribution is -0.130. The van der Waals surface area contributed by atoms with Crippen LogP contribution in [0.3, 0.4) is 0 Å². The summed E-state index contributed by atoms with van der Waals surface area (Å²) in [6.07, 6.45) is 1.98. The molecule has 150 valence electrons. The van der Waals surface area contributed by atoms with E-state index in [9.17, 15) is 4.79 Å². The van der Waals surface area contributed by atoms with Crippen LogP contribution in [0, 0.1) is 13.8 Å². The lowest BCUT2D eigenvalue weighted by Crippen LogP contribution is -2.38. The van der Waals surface area contributed by atoms with E-state index in [-0.39, 0.29) is 11.9 Å². The van der Waals surface area contributed by atoms with Gasteiger partial charge < -0.3 is 19.3 Å². The summed E-state index contributed by atoms with van der Waals surface area (Å²) in [4.78, 5) is 17.1. The number of amides is 1. The zero-order valence-electron chi connectivity index (χ0n) is 17.5. The van der Waals surface area contributed by atoms with Crippen LogP contribution in [-0.2, 0) is 4.79 Å². The maximum absolute atomic E-state index is 13.1. The van der Waals surface area contributed by atoms with Crippen molar-refractivity contribution in [1.29, 1.82) is 0 Å². The van der Waals surface area contributed by atoms with E-state index >= 15 is 0 Å². The summed E-state index contributed by atoms with van der Waals surface area (Å²) in [5, 5.41) is 0. The van der Waals surface area contributed by atoms with Crippen LogP contribution in [0.2, 0.25) is 0 Å². The Morgan fingerprint density at radius 3 is 2.54 bits per heavy atom. The van der Waals surface area contributed by atoms with Gasteiger partial charge in [-0.1, -0.05) is 23.8 Å². The van der Waals surface area contributed by atoms with Gasteiger partial charge in [0.15, 0.2) is 11.5 Å². The highest BCUT2D eigenvalue weighted by molar-refractivity contribution is 5.82. The molecule has 1 amide bonds. The average Bonchev–Trinajstić information content (AvgIpc) is 3.17. The van der Waals surface area contributed by atoms with Crippen molar-refractivity contribution in [3.63, 3.8) is 0 Å². The van der Waals surface area contributed by atoms with E-state index in [4.69, 9.17) is 9.47 Å². The van der Waals surface area contributed by atoms with Crippen molar-refractivity contribution in [2.24, 2.45) is 0 Å². The van der Waals surface area contributed by atoms with Gasteiger partial charge >= 0.3 is 0 Å². The minimum absolute atomic E-state index is 0.0832. The van der Waals surface area contributed by atoms with E-state index in [0.29, 0.717) is 18.0 Å². The first-order valence-electron chi connectivity index (χ1n) is 9.74. The standard InChI is InChI=1S/C23H30N2O3/c1-16-8-10-19(17(2)13-16)24(3)15-23(26)25-12-6-7-20(25)18-9-11-21(27-4)22(14-18)28-5/h8-11,13-14,20H,6-7,12,15H2,1-5H3. The maximum atomic E-state index is 13.1. The summed E-state index contributed by atoms with van der Waals surface area (Å²) in [6.45, 7) is 5.33. The van der Waals surface area contributed by atoms with Crippen molar-refractivity contribution in [1.82, 2.24) is 4.90 Å². The summed E-state index contributed by atoms with van der Waals surface area (Å²) in [6, 6.07) is 12.4. The summed E-state index contributed by atoms with van der Waals surface area (Å²) >= 11 is 0. The van der Waals surface area contributed by atoms with Crippen LogP contribution < -0.4 is 14.4 Å². The van der Waals surface area contributed by atoms with Crippen molar-refractivity contribution in [3.8, 4) is 11.5 Å². The lowest BCUT2D eigenvalue weighted by Gasteiger charge is -2.29. The topological polar surface area (TPSA) is 42.0 Å². The molecule has 1 heterocycles. The minimum Gasteiger partial charge on any atom is -0.493 e. The second kappa shape index (κ2) is 8.55. The number of methoxy groups -OCH3 is 2. The molecule has 5 heteroatoms. The van der Waals surface area contributed by atoms with Crippen molar-refractivity contribution in [3.05, 3.63) is 53.1 Å². The van der Waals surface area contributed by atoms with Crippen LogP contribution in [0.5, 0.6) is 11.5 Å². The monoisotopic (exact) mass is 382 g/mol. The number of hydrogen-bond acceptors (Lipinski definition) is 4. The number of hydrogen-bond donors (Lipinski definition) is 0. The Bertz CT molecular complexity index is 850. The van der Waals surface area contributed by atoms with Gasteiger partial charge in [0.1, 0.15) is 0 Å². The van der Waals surface area contributed by atoms with E-state index in [1.54, 1.807) is 14.2 Å². The number of likely N-dealkylation sites (N-methyl/N-ethyl adjacent to an activating group) is 1. The predicted molar refractivity (Wildman–Crippen MR) is 112 cm³/mol.